The number of carbonyl (C=O) groups excluding carboxylic acids is 1. The van der Waals surface area contributed by atoms with E-state index in [9.17, 15) is 18.0 Å². The van der Waals surface area contributed by atoms with Crippen molar-refractivity contribution in [3.05, 3.63) is 30.2 Å². The van der Waals surface area contributed by atoms with E-state index in [0.717, 1.165) is 19.3 Å². The van der Waals surface area contributed by atoms with E-state index in [2.05, 4.69) is 30.8 Å². The van der Waals surface area contributed by atoms with Crippen molar-refractivity contribution in [2.24, 2.45) is 5.92 Å². The average molecular weight is 509 g/mol. The second kappa shape index (κ2) is 8.23. The maximum atomic E-state index is 15.1. The van der Waals surface area contributed by atoms with Crippen LogP contribution in [0.25, 0.3) is 5.65 Å². The highest BCUT2D eigenvalue weighted by molar-refractivity contribution is 5.69. The third-order valence-corrected chi connectivity index (χ3v) is 7.15. The molecule has 192 valence electrons. The van der Waals surface area contributed by atoms with Crippen molar-refractivity contribution in [3.63, 3.8) is 0 Å². The van der Waals surface area contributed by atoms with Crippen LogP contribution in [0.3, 0.4) is 0 Å². The summed E-state index contributed by atoms with van der Waals surface area (Å²) in [5, 5.41) is 12.8. The molecule has 4 aliphatic rings. The quantitative estimate of drug-likeness (QED) is 0.412. The summed E-state index contributed by atoms with van der Waals surface area (Å²) in [7, 11) is 0. The van der Waals surface area contributed by atoms with E-state index in [1.54, 1.807) is 6.07 Å². The Morgan fingerprint density at radius 1 is 1.28 bits per heavy atom. The lowest BCUT2D eigenvalue weighted by Gasteiger charge is -2.61. The number of halogens is 4. The number of alkyl halides is 4. The zero-order valence-electron chi connectivity index (χ0n) is 18.9. The first kappa shape index (κ1) is 22.9. The van der Waals surface area contributed by atoms with Crippen molar-refractivity contribution in [3.8, 4) is 5.88 Å². The first-order valence-corrected chi connectivity index (χ1v) is 11.7. The topological polar surface area (TPSA) is 118 Å². The maximum Gasteiger partial charge on any atom is 0.422 e. The molecule has 0 radical (unpaired) electrons. The van der Waals surface area contributed by atoms with Gasteiger partial charge in [0.05, 0.1) is 6.20 Å². The zero-order valence-corrected chi connectivity index (χ0v) is 18.9. The lowest BCUT2D eigenvalue weighted by molar-refractivity contribution is -0.154. The number of carbonyl (C=O) groups is 1. The molecule has 3 N–H and O–H groups in total. The van der Waals surface area contributed by atoms with Gasteiger partial charge in [0.15, 0.2) is 12.4 Å². The van der Waals surface area contributed by atoms with E-state index < -0.39 is 37.1 Å². The number of hydrogen-bond donors (Lipinski definition) is 3. The van der Waals surface area contributed by atoms with Gasteiger partial charge in [-0.15, -0.1) is 0 Å². The number of alkyl carbamates (subject to hydrolysis) is 1. The maximum absolute atomic E-state index is 15.1. The number of nitrogens with zero attached hydrogens (tertiary/aromatic N) is 4. The zero-order chi connectivity index (χ0) is 25.1. The monoisotopic (exact) mass is 509 g/mol. The average Bonchev–Trinajstić information content (AvgIpc) is 3.48. The number of nitrogens with one attached hydrogen (secondary N) is 3. The van der Waals surface area contributed by atoms with Crippen LogP contribution in [0.4, 0.5) is 34.1 Å². The Labute approximate surface area is 201 Å². The Bertz CT molecular complexity index is 1280. The number of H-pyrrole nitrogens is 1. The molecular formula is C22H23F4N7O3. The number of fused-ring (bicyclic) bond motifs is 1. The molecule has 0 aliphatic heterocycles. The summed E-state index contributed by atoms with van der Waals surface area (Å²) in [5.41, 5.74) is 0.715. The molecule has 0 spiro atoms. The highest BCUT2D eigenvalue weighted by atomic mass is 19.4. The van der Waals surface area contributed by atoms with Gasteiger partial charge in [-0.05, 0) is 44.1 Å². The lowest BCUT2D eigenvalue weighted by Crippen LogP contribution is -2.68. The minimum absolute atomic E-state index is 0.132. The van der Waals surface area contributed by atoms with Gasteiger partial charge in [0.25, 0.3) is 0 Å². The van der Waals surface area contributed by atoms with Crippen LogP contribution in [0.15, 0.2) is 24.5 Å². The summed E-state index contributed by atoms with van der Waals surface area (Å²) in [5.74, 6) is 0.532. The normalized spacial score (nSPS) is 28.9. The van der Waals surface area contributed by atoms with Gasteiger partial charge in [-0.3, -0.25) is 9.50 Å². The van der Waals surface area contributed by atoms with Gasteiger partial charge in [-0.1, -0.05) is 0 Å². The number of anilines is 2. The molecular weight excluding hydrogens is 486 g/mol. The SMILES string of the molecule is O=C(NC12CC(C1)C2)O[C@@H]1CC[C@H](c2cc(Nc3nccc4nc(OCC(F)(F)F)cn34)n[nH]2)[C@H]1F. The van der Waals surface area contributed by atoms with Crippen LogP contribution in [0.2, 0.25) is 0 Å². The third kappa shape index (κ3) is 4.28. The first-order valence-electron chi connectivity index (χ1n) is 11.7. The first-order chi connectivity index (χ1) is 17.2. The van der Waals surface area contributed by atoms with E-state index in [-0.39, 0.29) is 17.4 Å². The fraction of sp³-hybridized carbons (Fsp3) is 0.545. The fourth-order valence-corrected chi connectivity index (χ4v) is 5.31. The molecule has 7 rings (SSSR count). The second-order valence-electron chi connectivity index (χ2n) is 9.77. The number of hydrogen-bond acceptors (Lipinski definition) is 7. The molecule has 3 aromatic rings. The van der Waals surface area contributed by atoms with Crippen LogP contribution in [0, 0.1) is 5.92 Å². The molecule has 14 heteroatoms. The Balaban J connectivity index is 1.09. The van der Waals surface area contributed by atoms with Gasteiger partial charge < -0.3 is 20.1 Å². The lowest BCUT2D eigenvalue weighted by atomic mass is 9.50. The van der Waals surface area contributed by atoms with Gasteiger partial charge in [0, 0.05) is 29.4 Å². The van der Waals surface area contributed by atoms with E-state index in [1.165, 1.54) is 22.9 Å². The van der Waals surface area contributed by atoms with E-state index in [1.807, 2.05) is 0 Å². The van der Waals surface area contributed by atoms with Crippen molar-refractivity contribution < 1.29 is 31.8 Å². The standard InChI is InChI=1S/C22H23F4N7O3/c23-18-12(1-2-14(18)36-20(34)30-21-6-11(7-21)8-21)13-5-15(32-31-13)28-19-27-4-3-16-29-17(9-33(16)19)35-10-22(24,25)26/h3-5,9,11-12,14,18H,1-2,6-8,10H2,(H,30,34)(H2,27,28,31,32)/t11?,12-,14-,18-,21?/m1/s1. The number of aromatic amines is 1. The van der Waals surface area contributed by atoms with Gasteiger partial charge >= 0.3 is 12.3 Å². The molecule has 10 nitrogen and oxygen atoms in total. The Morgan fingerprint density at radius 3 is 2.81 bits per heavy atom. The highest BCUT2D eigenvalue weighted by Crippen LogP contribution is 2.57. The second-order valence-corrected chi connectivity index (χ2v) is 9.77. The number of amides is 1. The minimum Gasteiger partial charge on any atom is -0.467 e. The molecule has 3 heterocycles. The largest absolute Gasteiger partial charge is 0.467 e. The molecule has 0 aromatic carbocycles. The number of imidazole rings is 1. The molecule has 0 unspecified atom stereocenters. The minimum atomic E-state index is -4.49. The van der Waals surface area contributed by atoms with Gasteiger partial charge in [0.1, 0.15) is 17.9 Å². The summed E-state index contributed by atoms with van der Waals surface area (Å²) < 4.78 is 64.0. The van der Waals surface area contributed by atoms with E-state index >= 15 is 4.39 Å². The van der Waals surface area contributed by atoms with Crippen LogP contribution < -0.4 is 15.4 Å². The van der Waals surface area contributed by atoms with Crippen LogP contribution >= 0.6 is 0 Å². The van der Waals surface area contributed by atoms with E-state index in [4.69, 9.17) is 9.47 Å². The summed E-state index contributed by atoms with van der Waals surface area (Å²) >= 11 is 0. The van der Waals surface area contributed by atoms with Crippen molar-refractivity contribution in [2.75, 3.05) is 11.9 Å². The summed E-state index contributed by atoms with van der Waals surface area (Å²) in [6.45, 7) is -1.46. The Kier molecular flexibility index (Phi) is 5.23. The highest BCUT2D eigenvalue weighted by Gasteiger charge is 2.58. The predicted octanol–water partition coefficient (Wildman–Crippen LogP) is 4.00. The number of rotatable bonds is 7. The van der Waals surface area contributed by atoms with Crippen molar-refractivity contribution in [1.82, 2.24) is 29.9 Å². The molecule has 1 amide bonds. The van der Waals surface area contributed by atoms with Gasteiger partial charge in [-0.25, -0.2) is 14.2 Å². The van der Waals surface area contributed by atoms with Gasteiger partial charge in [0.2, 0.25) is 11.8 Å². The molecule has 2 bridgehead atoms. The summed E-state index contributed by atoms with van der Waals surface area (Å²) in [6, 6.07) is 3.14. The van der Waals surface area contributed by atoms with Crippen LogP contribution in [0.5, 0.6) is 5.88 Å². The summed E-state index contributed by atoms with van der Waals surface area (Å²) in [4.78, 5) is 20.4. The molecule has 3 aromatic heterocycles. The van der Waals surface area contributed by atoms with Crippen molar-refractivity contribution in [2.45, 2.75) is 62.0 Å². The van der Waals surface area contributed by atoms with Crippen molar-refractivity contribution in [1.29, 1.82) is 0 Å². The van der Waals surface area contributed by atoms with E-state index in [0.29, 0.717) is 35.9 Å². The summed E-state index contributed by atoms with van der Waals surface area (Å²) in [6.07, 6.45) is -0.772. The molecule has 4 saturated carbocycles. The molecule has 36 heavy (non-hydrogen) atoms. The number of ether oxygens (including phenoxy) is 2. The number of aromatic nitrogens is 5. The predicted molar refractivity (Wildman–Crippen MR) is 117 cm³/mol. The Morgan fingerprint density at radius 2 is 2.08 bits per heavy atom. The van der Waals surface area contributed by atoms with Crippen LogP contribution in [0.1, 0.15) is 43.7 Å². The fourth-order valence-electron chi connectivity index (χ4n) is 5.31. The molecule has 4 fully saturated rings. The van der Waals surface area contributed by atoms with Gasteiger partial charge in [-0.2, -0.15) is 23.3 Å². The molecule has 4 aliphatic carbocycles. The van der Waals surface area contributed by atoms with Crippen LogP contribution in [-0.2, 0) is 4.74 Å². The molecule has 3 atom stereocenters. The molecule has 0 saturated heterocycles. The van der Waals surface area contributed by atoms with Crippen molar-refractivity contribution >= 4 is 23.5 Å². The Hall–Kier alpha value is -3.58. The third-order valence-electron chi connectivity index (χ3n) is 7.15. The smallest absolute Gasteiger partial charge is 0.422 e. The van der Waals surface area contributed by atoms with Crippen LogP contribution in [-0.4, -0.2) is 61.3 Å².